The first-order valence-corrected chi connectivity index (χ1v) is 8.33. The second kappa shape index (κ2) is 7.17. The van der Waals surface area contributed by atoms with Crippen LogP contribution in [0.4, 0.5) is 18.9 Å². The van der Waals surface area contributed by atoms with Crippen LogP contribution in [0.2, 0.25) is 0 Å². The molecule has 0 saturated carbocycles. The van der Waals surface area contributed by atoms with E-state index in [1.165, 1.54) is 12.5 Å². The molecule has 1 aromatic heterocycles. The number of halogens is 3. The van der Waals surface area contributed by atoms with Crippen LogP contribution in [-0.4, -0.2) is 18.0 Å². The molecular formula is C18H13F3N2O2S. The topological polar surface area (TPSA) is 51.2 Å². The predicted octanol–water partition coefficient (Wildman–Crippen LogP) is 5.09. The Morgan fingerprint density at radius 1 is 1.08 bits per heavy atom. The molecule has 4 nitrogen and oxygen atoms in total. The van der Waals surface area contributed by atoms with Crippen molar-refractivity contribution in [2.45, 2.75) is 6.18 Å². The van der Waals surface area contributed by atoms with Crippen molar-refractivity contribution in [3.63, 3.8) is 0 Å². The maximum atomic E-state index is 12.6. The number of ether oxygens (including phenoxy) is 1. The van der Waals surface area contributed by atoms with Crippen molar-refractivity contribution in [3.8, 4) is 17.0 Å². The van der Waals surface area contributed by atoms with Gasteiger partial charge in [0, 0.05) is 22.2 Å². The molecule has 0 aliphatic heterocycles. The zero-order chi connectivity index (χ0) is 18.7. The average molecular weight is 378 g/mol. The fraction of sp³-hybridized carbons (Fsp3) is 0.111. The molecule has 0 saturated heterocycles. The van der Waals surface area contributed by atoms with Crippen LogP contribution in [0.5, 0.6) is 5.75 Å². The van der Waals surface area contributed by atoms with Crippen molar-refractivity contribution < 1.29 is 22.7 Å². The van der Waals surface area contributed by atoms with Gasteiger partial charge in [0.25, 0.3) is 5.91 Å². The largest absolute Gasteiger partial charge is 0.497 e. The molecule has 8 heteroatoms. The van der Waals surface area contributed by atoms with Crippen molar-refractivity contribution in [2.24, 2.45) is 0 Å². The third kappa shape index (κ3) is 4.02. The molecule has 3 rings (SSSR count). The molecule has 0 atom stereocenters. The normalized spacial score (nSPS) is 11.2. The van der Waals surface area contributed by atoms with Crippen LogP contribution in [0.25, 0.3) is 11.3 Å². The third-order valence-electron chi connectivity index (χ3n) is 3.54. The van der Waals surface area contributed by atoms with Crippen LogP contribution in [0, 0.1) is 0 Å². The standard InChI is InChI=1S/C18H13F3N2O2S/c1-25-14-8-4-12(5-9-14)16(24)22-13-6-2-11(3-7-13)15-10-26-17(23-15)18(19,20)21/h2-10H,1H3,(H,22,24). The number of nitrogens with zero attached hydrogens (tertiary/aromatic N) is 1. The molecule has 0 bridgehead atoms. The molecule has 1 amide bonds. The van der Waals surface area contributed by atoms with Gasteiger partial charge in [-0.25, -0.2) is 4.98 Å². The first kappa shape index (κ1) is 17.9. The Kier molecular flexibility index (Phi) is 4.94. The number of hydrogen-bond acceptors (Lipinski definition) is 4. The lowest BCUT2D eigenvalue weighted by atomic mass is 10.1. The second-order valence-electron chi connectivity index (χ2n) is 5.30. The van der Waals surface area contributed by atoms with E-state index in [0.717, 1.165) is 0 Å². The summed E-state index contributed by atoms with van der Waals surface area (Å²) < 4.78 is 42.9. The summed E-state index contributed by atoms with van der Waals surface area (Å²) in [4.78, 5) is 15.8. The van der Waals surface area contributed by atoms with Crippen LogP contribution in [0.1, 0.15) is 15.4 Å². The molecule has 0 radical (unpaired) electrons. The highest BCUT2D eigenvalue weighted by atomic mass is 32.1. The van der Waals surface area contributed by atoms with E-state index in [2.05, 4.69) is 10.3 Å². The Balaban J connectivity index is 1.71. The number of amides is 1. The number of anilines is 1. The molecule has 0 fully saturated rings. The molecule has 2 aromatic carbocycles. The van der Waals surface area contributed by atoms with Crippen molar-refractivity contribution in [2.75, 3.05) is 12.4 Å². The van der Waals surface area contributed by atoms with Gasteiger partial charge in [-0.15, -0.1) is 11.3 Å². The van der Waals surface area contributed by atoms with Crippen molar-refractivity contribution in [1.29, 1.82) is 0 Å². The zero-order valence-electron chi connectivity index (χ0n) is 13.5. The number of carbonyl (C=O) groups excluding carboxylic acids is 1. The van der Waals surface area contributed by atoms with E-state index < -0.39 is 11.2 Å². The summed E-state index contributed by atoms with van der Waals surface area (Å²) >= 11 is 0.550. The lowest BCUT2D eigenvalue weighted by molar-refractivity contribution is -0.137. The summed E-state index contributed by atoms with van der Waals surface area (Å²) in [6.07, 6.45) is -4.45. The number of alkyl halides is 3. The number of methoxy groups -OCH3 is 1. The quantitative estimate of drug-likeness (QED) is 0.688. The molecule has 1 heterocycles. The van der Waals surface area contributed by atoms with Crippen molar-refractivity contribution >= 4 is 22.9 Å². The number of aromatic nitrogens is 1. The number of carbonyl (C=O) groups is 1. The van der Waals surface area contributed by atoms with E-state index >= 15 is 0 Å². The maximum absolute atomic E-state index is 12.6. The molecule has 0 unspecified atom stereocenters. The lowest BCUT2D eigenvalue weighted by Crippen LogP contribution is -2.11. The van der Waals surface area contributed by atoms with Gasteiger partial charge in [-0.05, 0) is 36.4 Å². The summed E-state index contributed by atoms with van der Waals surface area (Å²) in [6.45, 7) is 0. The molecule has 3 aromatic rings. The minimum absolute atomic E-state index is 0.246. The smallest absolute Gasteiger partial charge is 0.443 e. The molecule has 1 N–H and O–H groups in total. The zero-order valence-corrected chi connectivity index (χ0v) is 14.3. The maximum Gasteiger partial charge on any atom is 0.443 e. The van der Waals surface area contributed by atoms with Gasteiger partial charge < -0.3 is 10.1 Å². The van der Waals surface area contributed by atoms with Crippen LogP contribution in [-0.2, 0) is 6.18 Å². The average Bonchev–Trinajstić information content (AvgIpc) is 3.13. The molecule has 26 heavy (non-hydrogen) atoms. The lowest BCUT2D eigenvalue weighted by Gasteiger charge is -2.07. The summed E-state index contributed by atoms with van der Waals surface area (Å²) in [5.74, 6) is 0.348. The SMILES string of the molecule is COc1ccc(C(=O)Nc2ccc(-c3csc(C(F)(F)F)n3)cc2)cc1. The van der Waals surface area contributed by atoms with E-state index in [1.807, 2.05) is 0 Å². The molecule has 134 valence electrons. The number of thiazole rings is 1. The Bertz CT molecular complexity index is 903. The van der Waals surface area contributed by atoms with Crippen LogP contribution < -0.4 is 10.1 Å². The number of benzene rings is 2. The van der Waals surface area contributed by atoms with Gasteiger partial charge in [-0.1, -0.05) is 12.1 Å². The first-order chi connectivity index (χ1) is 12.4. The predicted molar refractivity (Wildman–Crippen MR) is 93.5 cm³/mol. The van der Waals surface area contributed by atoms with E-state index in [4.69, 9.17) is 4.74 Å². The summed E-state index contributed by atoms with van der Waals surface area (Å²) in [5.41, 5.74) is 1.78. The van der Waals surface area contributed by atoms with Gasteiger partial charge in [-0.3, -0.25) is 4.79 Å². The van der Waals surface area contributed by atoms with E-state index in [9.17, 15) is 18.0 Å². The summed E-state index contributed by atoms with van der Waals surface area (Å²) in [6, 6.07) is 13.1. The number of hydrogen-bond donors (Lipinski definition) is 1. The van der Waals surface area contributed by atoms with Crippen LogP contribution >= 0.6 is 11.3 Å². The van der Waals surface area contributed by atoms with Gasteiger partial charge in [0.15, 0.2) is 5.01 Å². The molecule has 0 aliphatic rings. The monoisotopic (exact) mass is 378 g/mol. The van der Waals surface area contributed by atoms with E-state index in [1.54, 1.807) is 48.5 Å². The Morgan fingerprint density at radius 2 is 1.73 bits per heavy atom. The number of rotatable bonds is 4. The van der Waals surface area contributed by atoms with Gasteiger partial charge in [0.2, 0.25) is 0 Å². The number of nitrogens with one attached hydrogen (secondary N) is 1. The highest BCUT2D eigenvalue weighted by molar-refractivity contribution is 7.10. The second-order valence-corrected chi connectivity index (χ2v) is 6.15. The van der Waals surface area contributed by atoms with Crippen LogP contribution in [0.3, 0.4) is 0 Å². The summed E-state index contributed by atoms with van der Waals surface area (Å²) in [5, 5.41) is 3.20. The van der Waals surface area contributed by atoms with Gasteiger partial charge >= 0.3 is 6.18 Å². The fourth-order valence-electron chi connectivity index (χ4n) is 2.21. The van der Waals surface area contributed by atoms with Gasteiger partial charge in [-0.2, -0.15) is 13.2 Å². The molecule has 0 spiro atoms. The Morgan fingerprint density at radius 3 is 2.27 bits per heavy atom. The van der Waals surface area contributed by atoms with E-state index in [-0.39, 0.29) is 11.6 Å². The van der Waals surface area contributed by atoms with Crippen molar-refractivity contribution in [1.82, 2.24) is 4.98 Å². The third-order valence-corrected chi connectivity index (χ3v) is 4.42. The minimum atomic E-state index is -4.45. The van der Waals surface area contributed by atoms with E-state index in [0.29, 0.717) is 33.9 Å². The van der Waals surface area contributed by atoms with Gasteiger partial charge in [0.1, 0.15) is 5.75 Å². The first-order valence-electron chi connectivity index (χ1n) is 7.45. The highest BCUT2D eigenvalue weighted by Crippen LogP contribution is 2.34. The fourth-order valence-corrected chi connectivity index (χ4v) is 2.90. The molecular weight excluding hydrogens is 365 g/mol. The Hall–Kier alpha value is -2.87. The minimum Gasteiger partial charge on any atom is -0.497 e. The Labute approximate surface area is 151 Å². The highest BCUT2D eigenvalue weighted by Gasteiger charge is 2.34. The summed E-state index contributed by atoms with van der Waals surface area (Å²) in [7, 11) is 1.54. The molecule has 0 aliphatic carbocycles. The van der Waals surface area contributed by atoms with Gasteiger partial charge in [0.05, 0.1) is 12.8 Å². The van der Waals surface area contributed by atoms with Crippen molar-refractivity contribution in [3.05, 3.63) is 64.5 Å². The van der Waals surface area contributed by atoms with Crippen LogP contribution in [0.15, 0.2) is 53.9 Å².